The number of hydrogen-bond donors (Lipinski definition) is 1. The van der Waals surface area contributed by atoms with E-state index in [2.05, 4.69) is 20.5 Å². The molecule has 0 bridgehead atoms. The second-order valence-electron chi connectivity index (χ2n) is 5.53. The fourth-order valence-corrected chi connectivity index (χ4v) is 1.91. The van der Waals surface area contributed by atoms with Gasteiger partial charge in [-0.25, -0.2) is 4.68 Å². The predicted molar refractivity (Wildman–Crippen MR) is 63.4 cm³/mol. The minimum Gasteiger partial charge on any atom is -0.350 e. The molecule has 2 rings (SSSR count). The number of nitrogens with one attached hydrogen (secondary N) is 1. The van der Waals surface area contributed by atoms with E-state index in [1.54, 1.807) is 6.20 Å². The number of carbonyl (C=O) groups is 1. The van der Waals surface area contributed by atoms with Crippen molar-refractivity contribution in [3.8, 4) is 0 Å². The molecule has 2 heterocycles. The first kappa shape index (κ1) is 12.0. The van der Waals surface area contributed by atoms with Gasteiger partial charge in [-0.05, 0) is 20.8 Å². The molecule has 0 atom stereocenters. The third kappa shape index (κ3) is 3.26. The monoisotopic (exact) mass is 237 g/mol. The Bertz CT molecular complexity index is 375. The average Bonchev–Trinajstić information content (AvgIpc) is 2.59. The zero-order valence-electron chi connectivity index (χ0n) is 10.6. The maximum Gasteiger partial charge on any atom is 0.234 e. The molecular weight excluding hydrogens is 218 g/mol. The van der Waals surface area contributed by atoms with Crippen molar-refractivity contribution in [2.75, 3.05) is 19.6 Å². The number of amides is 1. The third-order valence-corrected chi connectivity index (χ3v) is 2.63. The van der Waals surface area contributed by atoms with Crippen LogP contribution in [0.2, 0.25) is 0 Å². The van der Waals surface area contributed by atoms with Crippen molar-refractivity contribution in [2.24, 2.45) is 0 Å². The van der Waals surface area contributed by atoms with Crippen LogP contribution in [0, 0.1) is 0 Å². The van der Waals surface area contributed by atoms with E-state index in [0.29, 0.717) is 12.6 Å². The van der Waals surface area contributed by atoms with Gasteiger partial charge in [0.05, 0.1) is 18.8 Å². The van der Waals surface area contributed by atoms with Crippen LogP contribution in [0.25, 0.3) is 0 Å². The van der Waals surface area contributed by atoms with E-state index < -0.39 is 0 Å². The maximum atomic E-state index is 11.7. The van der Waals surface area contributed by atoms with Crippen LogP contribution < -0.4 is 5.32 Å². The largest absolute Gasteiger partial charge is 0.350 e. The smallest absolute Gasteiger partial charge is 0.234 e. The summed E-state index contributed by atoms with van der Waals surface area (Å²) >= 11 is 0. The zero-order chi connectivity index (χ0) is 12.5. The molecule has 1 saturated heterocycles. The van der Waals surface area contributed by atoms with Gasteiger partial charge < -0.3 is 5.32 Å². The van der Waals surface area contributed by atoms with E-state index in [1.165, 1.54) is 0 Å². The number of likely N-dealkylation sites (tertiary alicyclic amines) is 1. The Morgan fingerprint density at radius 3 is 2.71 bits per heavy atom. The van der Waals surface area contributed by atoms with E-state index in [1.807, 2.05) is 31.6 Å². The van der Waals surface area contributed by atoms with Crippen molar-refractivity contribution in [1.82, 2.24) is 25.2 Å². The second kappa shape index (κ2) is 4.44. The molecule has 17 heavy (non-hydrogen) atoms. The van der Waals surface area contributed by atoms with E-state index in [9.17, 15) is 4.79 Å². The summed E-state index contributed by atoms with van der Waals surface area (Å²) in [5, 5.41) is 10.7. The van der Waals surface area contributed by atoms with Gasteiger partial charge in [0.15, 0.2) is 0 Å². The molecule has 6 nitrogen and oxygen atoms in total. The molecule has 94 valence electrons. The van der Waals surface area contributed by atoms with E-state index in [0.717, 1.165) is 13.1 Å². The van der Waals surface area contributed by atoms with Gasteiger partial charge in [-0.15, -0.1) is 5.10 Å². The van der Waals surface area contributed by atoms with E-state index >= 15 is 0 Å². The summed E-state index contributed by atoms with van der Waals surface area (Å²) in [5.74, 6) is 0.0783. The molecule has 1 aromatic rings. The summed E-state index contributed by atoms with van der Waals surface area (Å²) in [6.07, 6.45) is 3.53. The van der Waals surface area contributed by atoms with Gasteiger partial charge in [-0.1, -0.05) is 5.21 Å². The lowest BCUT2D eigenvalue weighted by Gasteiger charge is -2.38. The molecule has 1 amide bonds. The lowest BCUT2D eigenvalue weighted by Crippen LogP contribution is -2.53. The van der Waals surface area contributed by atoms with Crippen LogP contribution in [0.1, 0.15) is 26.8 Å². The average molecular weight is 237 g/mol. The molecule has 0 saturated carbocycles. The summed E-state index contributed by atoms with van der Waals surface area (Å²) in [6, 6.07) is 0.361. The molecule has 0 aromatic carbocycles. The number of rotatable bonds is 3. The Morgan fingerprint density at radius 1 is 1.47 bits per heavy atom. The number of nitrogens with zero attached hydrogens (tertiary/aromatic N) is 4. The highest BCUT2D eigenvalue weighted by atomic mass is 16.2. The molecule has 6 heteroatoms. The van der Waals surface area contributed by atoms with Crippen molar-refractivity contribution in [3.05, 3.63) is 12.4 Å². The molecule has 1 aliphatic heterocycles. The Kier molecular flexibility index (Phi) is 3.15. The fourth-order valence-electron chi connectivity index (χ4n) is 1.91. The molecule has 1 aromatic heterocycles. The lowest BCUT2D eigenvalue weighted by atomic mass is 10.1. The molecule has 0 aliphatic carbocycles. The van der Waals surface area contributed by atoms with Gasteiger partial charge in [0, 0.05) is 24.8 Å². The van der Waals surface area contributed by atoms with Gasteiger partial charge in [0.2, 0.25) is 5.91 Å². The van der Waals surface area contributed by atoms with Crippen molar-refractivity contribution in [1.29, 1.82) is 0 Å². The molecule has 1 fully saturated rings. The highest BCUT2D eigenvalue weighted by Crippen LogP contribution is 2.18. The fraction of sp³-hybridized carbons (Fsp3) is 0.727. The minimum atomic E-state index is -0.159. The van der Waals surface area contributed by atoms with Crippen LogP contribution in [-0.2, 0) is 4.79 Å². The normalized spacial score (nSPS) is 17.8. The Labute approximate surface area is 101 Å². The molecule has 1 aliphatic rings. The molecule has 0 radical (unpaired) electrons. The Balaban J connectivity index is 1.72. The zero-order valence-corrected chi connectivity index (χ0v) is 10.6. The second-order valence-corrected chi connectivity index (χ2v) is 5.53. The third-order valence-electron chi connectivity index (χ3n) is 2.63. The molecular formula is C11H19N5O. The number of aromatic nitrogens is 3. The molecule has 1 N–H and O–H groups in total. The highest BCUT2D eigenvalue weighted by Gasteiger charge is 2.30. The number of hydrogen-bond acceptors (Lipinski definition) is 4. The topological polar surface area (TPSA) is 63.1 Å². The maximum absolute atomic E-state index is 11.7. The van der Waals surface area contributed by atoms with Gasteiger partial charge >= 0.3 is 0 Å². The van der Waals surface area contributed by atoms with Gasteiger partial charge in [-0.3, -0.25) is 9.69 Å². The SMILES string of the molecule is CC(C)(C)NC(=O)CN1CC(n2ccnn2)C1. The Morgan fingerprint density at radius 2 is 2.18 bits per heavy atom. The summed E-state index contributed by atoms with van der Waals surface area (Å²) in [6.45, 7) is 8.14. The Hall–Kier alpha value is -1.43. The highest BCUT2D eigenvalue weighted by molar-refractivity contribution is 5.78. The lowest BCUT2D eigenvalue weighted by molar-refractivity contribution is -0.125. The van der Waals surface area contributed by atoms with Gasteiger partial charge in [-0.2, -0.15) is 0 Å². The summed E-state index contributed by atoms with van der Waals surface area (Å²) in [7, 11) is 0. The van der Waals surface area contributed by atoms with Crippen molar-refractivity contribution in [2.45, 2.75) is 32.4 Å². The predicted octanol–water partition coefficient (Wildman–Crippen LogP) is 0.0495. The van der Waals surface area contributed by atoms with Crippen LogP contribution in [0.4, 0.5) is 0 Å². The number of carbonyl (C=O) groups excluding carboxylic acids is 1. The van der Waals surface area contributed by atoms with Crippen LogP contribution in [-0.4, -0.2) is 51.0 Å². The van der Waals surface area contributed by atoms with Crippen LogP contribution >= 0.6 is 0 Å². The van der Waals surface area contributed by atoms with Gasteiger partial charge in [0.25, 0.3) is 0 Å². The van der Waals surface area contributed by atoms with Crippen molar-refractivity contribution in [3.63, 3.8) is 0 Å². The first-order valence-corrected chi connectivity index (χ1v) is 5.83. The van der Waals surface area contributed by atoms with E-state index in [-0.39, 0.29) is 11.4 Å². The summed E-state index contributed by atoms with van der Waals surface area (Å²) in [4.78, 5) is 13.8. The van der Waals surface area contributed by atoms with Crippen LogP contribution in [0.3, 0.4) is 0 Å². The van der Waals surface area contributed by atoms with Gasteiger partial charge in [0.1, 0.15) is 0 Å². The quantitative estimate of drug-likeness (QED) is 0.807. The first-order chi connectivity index (χ1) is 7.94. The van der Waals surface area contributed by atoms with Crippen molar-refractivity contribution < 1.29 is 4.79 Å². The van der Waals surface area contributed by atoms with E-state index in [4.69, 9.17) is 0 Å². The van der Waals surface area contributed by atoms with Crippen molar-refractivity contribution >= 4 is 5.91 Å². The summed E-state index contributed by atoms with van der Waals surface area (Å²) < 4.78 is 1.85. The summed E-state index contributed by atoms with van der Waals surface area (Å²) in [5.41, 5.74) is -0.159. The first-order valence-electron chi connectivity index (χ1n) is 5.83. The van der Waals surface area contributed by atoms with Crippen LogP contribution in [0.5, 0.6) is 0 Å². The molecule has 0 unspecified atom stereocenters. The molecule has 0 spiro atoms. The standard InChI is InChI=1S/C11H19N5O/c1-11(2,3)13-10(17)8-15-6-9(7-15)16-5-4-12-14-16/h4-5,9H,6-8H2,1-3H3,(H,13,17). The minimum absolute atomic E-state index is 0.0783. The van der Waals surface area contributed by atoms with Crippen LogP contribution in [0.15, 0.2) is 12.4 Å².